The summed E-state index contributed by atoms with van der Waals surface area (Å²) >= 11 is 0. The third-order valence-corrected chi connectivity index (χ3v) is 3.48. The van der Waals surface area contributed by atoms with E-state index in [1.807, 2.05) is 12.1 Å². The highest BCUT2D eigenvalue weighted by molar-refractivity contribution is 5.79. The minimum Gasteiger partial charge on any atom is -0.464 e. The normalized spacial score (nSPS) is 12.9. The van der Waals surface area contributed by atoms with Crippen LogP contribution in [0.4, 0.5) is 0 Å². The minimum atomic E-state index is -1.02. The molecule has 0 spiro atoms. The predicted octanol–water partition coefficient (Wildman–Crippen LogP) is 3.61. The van der Waals surface area contributed by atoms with Gasteiger partial charge in [0.25, 0.3) is 0 Å². The van der Waals surface area contributed by atoms with Crippen LogP contribution in [0.25, 0.3) is 0 Å². The molecule has 0 unspecified atom stereocenters. The molecule has 2 aromatic rings. The molecule has 0 amide bonds. The van der Waals surface area contributed by atoms with E-state index >= 15 is 0 Å². The molecule has 0 saturated carbocycles. The first-order valence-corrected chi connectivity index (χ1v) is 8.26. The summed E-state index contributed by atoms with van der Waals surface area (Å²) in [6, 6.07) is 17.9. The maximum Gasteiger partial charge on any atom is 0.339 e. The van der Waals surface area contributed by atoms with Crippen LogP contribution in [-0.2, 0) is 23.8 Å². The van der Waals surface area contributed by atoms with Gasteiger partial charge < -0.3 is 14.2 Å². The summed E-state index contributed by atoms with van der Waals surface area (Å²) in [5, 5.41) is 0. The summed E-state index contributed by atoms with van der Waals surface area (Å²) in [5.41, 5.74) is 1.23. The Kier molecular flexibility index (Phi) is 7.16. The van der Waals surface area contributed by atoms with Crippen LogP contribution >= 0.6 is 0 Å². The fourth-order valence-electron chi connectivity index (χ4n) is 2.37. The van der Waals surface area contributed by atoms with Crippen LogP contribution in [0.15, 0.2) is 60.7 Å². The summed E-state index contributed by atoms with van der Waals surface area (Å²) in [6.07, 6.45) is -2.04. The lowest BCUT2D eigenvalue weighted by Gasteiger charge is -2.23. The third-order valence-electron chi connectivity index (χ3n) is 3.48. The van der Waals surface area contributed by atoms with E-state index in [2.05, 4.69) is 0 Å². The molecule has 0 radical (unpaired) electrons. The first-order valence-electron chi connectivity index (χ1n) is 8.26. The molecule has 0 aliphatic carbocycles. The lowest BCUT2D eigenvalue weighted by Crippen LogP contribution is -2.26. The Hall–Kier alpha value is -2.66. The molecule has 0 bridgehead atoms. The Morgan fingerprint density at radius 2 is 1.08 bits per heavy atom. The van der Waals surface area contributed by atoms with Crippen molar-refractivity contribution in [3.8, 4) is 0 Å². The average Bonchev–Trinajstić information content (AvgIpc) is 2.64. The number of hydrogen-bond acceptors (Lipinski definition) is 5. The van der Waals surface area contributed by atoms with Crippen molar-refractivity contribution in [3.63, 3.8) is 0 Å². The molecule has 5 nitrogen and oxygen atoms in total. The van der Waals surface area contributed by atoms with Gasteiger partial charge in [-0.3, -0.25) is 0 Å². The summed E-state index contributed by atoms with van der Waals surface area (Å²) < 4.78 is 16.1. The van der Waals surface area contributed by atoms with Crippen molar-refractivity contribution >= 4 is 11.9 Å². The monoisotopic (exact) mass is 342 g/mol. The molecule has 2 atom stereocenters. The molecule has 132 valence electrons. The van der Waals surface area contributed by atoms with Crippen molar-refractivity contribution in [2.45, 2.75) is 26.1 Å². The van der Waals surface area contributed by atoms with E-state index in [1.54, 1.807) is 62.4 Å². The number of esters is 2. The molecule has 0 aliphatic heterocycles. The fourth-order valence-corrected chi connectivity index (χ4v) is 2.37. The Bertz CT molecular complexity index is 610. The van der Waals surface area contributed by atoms with E-state index in [0.717, 1.165) is 0 Å². The van der Waals surface area contributed by atoms with Crippen molar-refractivity contribution in [2.75, 3.05) is 13.2 Å². The van der Waals surface area contributed by atoms with Crippen LogP contribution in [0.3, 0.4) is 0 Å². The molecule has 0 fully saturated rings. The Morgan fingerprint density at radius 1 is 0.720 bits per heavy atom. The number of hydrogen-bond donors (Lipinski definition) is 0. The lowest BCUT2D eigenvalue weighted by atomic mass is 10.1. The molecule has 0 heterocycles. The van der Waals surface area contributed by atoms with Gasteiger partial charge in [-0.05, 0) is 25.0 Å². The highest BCUT2D eigenvalue weighted by atomic mass is 16.6. The second-order valence-electron chi connectivity index (χ2n) is 5.22. The van der Waals surface area contributed by atoms with Crippen LogP contribution in [-0.4, -0.2) is 25.2 Å². The molecular formula is C20H22O5. The molecule has 2 rings (SSSR count). The van der Waals surface area contributed by atoms with E-state index in [9.17, 15) is 9.59 Å². The molecule has 0 N–H and O–H groups in total. The summed E-state index contributed by atoms with van der Waals surface area (Å²) in [7, 11) is 0. The number of rotatable bonds is 8. The van der Waals surface area contributed by atoms with E-state index in [4.69, 9.17) is 14.2 Å². The van der Waals surface area contributed by atoms with Crippen LogP contribution in [0, 0.1) is 0 Å². The van der Waals surface area contributed by atoms with Crippen LogP contribution in [0.2, 0.25) is 0 Å². The summed E-state index contributed by atoms with van der Waals surface area (Å²) in [4.78, 5) is 24.8. The highest BCUT2D eigenvalue weighted by Crippen LogP contribution is 2.29. The van der Waals surface area contributed by atoms with Crippen molar-refractivity contribution in [3.05, 3.63) is 71.8 Å². The average molecular weight is 342 g/mol. The highest BCUT2D eigenvalue weighted by Gasteiger charge is 2.32. The molecule has 5 heteroatoms. The Balaban J connectivity index is 2.34. The number of benzene rings is 2. The predicted molar refractivity (Wildman–Crippen MR) is 92.7 cm³/mol. The van der Waals surface area contributed by atoms with E-state index in [1.165, 1.54) is 0 Å². The zero-order valence-corrected chi connectivity index (χ0v) is 14.4. The van der Waals surface area contributed by atoms with Gasteiger partial charge in [0.05, 0.1) is 13.2 Å². The van der Waals surface area contributed by atoms with Crippen LogP contribution in [0.5, 0.6) is 0 Å². The van der Waals surface area contributed by atoms with Crippen molar-refractivity contribution in [2.24, 2.45) is 0 Å². The van der Waals surface area contributed by atoms with Gasteiger partial charge in [0.1, 0.15) is 0 Å². The van der Waals surface area contributed by atoms with Crippen LogP contribution < -0.4 is 0 Å². The Labute approximate surface area is 147 Å². The second-order valence-corrected chi connectivity index (χ2v) is 5.22. The number of carbonyl (C=O) groups is 2. The van der Waals surface area contributed by atoms with E-state index in [-0.39, 0.29) is 13.2 Å². The third kappa shape index (κ3) is 5.16. The van der Waals surface area contributed by atoms with Gasteiger partial charge in [0.2, 0.25) is 0 Å². The van der Waals surface area contributed by atoms with Gasteiger partial charge in [-0.25, -0.2) is 9.59 Å². The topological polar surface area (TPSA) is 61.8 Å². The van der Waals surface area contributed by atoms with Crippen LogP contribution in [0.1, 0.15) is 37.2 Å². The largest absolute Gasteiger partial charge is 0.464 e. The lowest BCUT2D eigenvalue weighted by molar-refractivity contribution is -0.173. The van der Waals surface area contributed by atoms with Gasteiger partial charge >= 0.3 is 11.9 Å². The van der Waals surface area contributed by atoms with Gasteiger partial charge in [-0.1, -0.05) is 60.7 Å². The second kappa shape index (κ2) is 9.59. The zero-order valence-electron chi connectivity index (χ0n) is 14.4. The minimum absolute atomic E-state index is 0.223. The molecule has 25 heavy (non-hydrogen) atoms. The van der Waals surface area contributed by atoms with Crippen molar-refractivity contribution in [1.82, 2.24) is 0 Å². The van der Waals surface area contributed by atoms with Crippen molar-refractivity contribution < 1.29 is 23.8 Å². The molecule has 2 aromatic carbocycles. The van der Waals surface area contributed by atoms with E-state index < -0.39 is 24.1 Å². The first kappa shape index (κ1) is 18.7. The smallest absolute Gasteiger partial charge is 0.339 e. The summed E-state index contributed by atoms with van der Waals surface area (Å²) in [5.74, 6) is -1.09. The van der Waals surface area contributed by atoms with Gasteiger partial charge in [0, 0.05) is 0 Å². The van der Waals surface area contributed by atoms with E-state index in [0.29, 0.717) is 11.1 Å². The Morgan fingerprint density at radius 3 is 1.40 bits per heavy atom. The van der Waals surface area contributed by atoms with Crippen molar-refractivity contribution in [1.29, 1.82) is 0 Å². The van der Waals surface area contributed by atoms with Gasteiger partial charge in [-0.15, -0.1) is 0 Å². The first-order chi connectivity index (χ1) is 12.2. The maximum atomic E-state index is 12.4. The summed E-state index contributed by atoms with van der Waals surface area (Å²) in [6.45, 7) is 3.89. The molecule has 0 aromatic heterocycles. The fraction of sp³-hybridized carbons (Fsp3) is 0.300. The zero-order chi connectivity index (χ0) is 18.1. The molecular weight excluding hydrogens is 320 g/mol. The maximum absolute atomic E-state index is 12.4. The standard InChI is InChI=1S/C20H22O5/c1-3-23-19(21)17(15-11-7-5-8-12-15)25-18(20(22)24-4-2)16-13-9-6-10-14-16/h5-14,17-18H,3-4H2,1-2H3/t17-,18-/m0/s1. The number of ether oxygens (including phenoxy) is 3. The van der Waals surface area contributed by atoms with Gasteiger partial charge in [-0.2, -0.15) is 0 Å². The SMILES string of the molecule is CCOC(=O)[C@@H](O[C@H](C(=O)OCC)c1ccccc1)c1ccccc1. The number of carbonyl (C=O) groups excluding carboxylic acids is 2. The van der Waals surface area contributed by atoms with Gasteiger partial charge in [0.15, 0.2) is 12.2 Å². The quantitative estimate of drug-likeness (QED) is 0.686. The molecule has 0 saturated heterocycles. The molecule has 0 aliphatic rings.